The lowest BCUT2D eigenvalue weighted by Crippen LogP contribution is -1.96. The topological polar surface area (TPSA) is 58.8 Å². The highest BCUT2D eigenvalue weighted by Gasteiger charge is 2.04. The van der Waals surface area contributed by atoms with Gasteiger partial charge in [0.25, 0.3) is 0 Å². The van der Waals surface area contributed by atoms with E-state index in [1.807, 2.05) is 54.6 Å². The summed E-state index contributed by atoms with van der Waals surface area (Å²) in [7, 11) is 0. The van der Waals surface area contributed by atoms with Gasteiger partial charge in [-0.3, -0.25) is 0 Å². The Hall–Kier alpha value is -3.45. The normalized spacial score (nSPS) is 10.7. The second-order valence-corrected chi connectivity index (χ2v) is 6.43. The average Bonchev–Trinajstić information content (AvgIpc) is 2.77. The van der Waals surface area contributed by atoms with E-state index in [9.17, 15) is 0 Å². The molecule has 4 heteroatoms. The van der Waals surface area contributed by atoms with E-state index in [0.717, 1.165) is 23.1 Å². The molecule has 1 aromatic heterocycles. The third-order valence-electron chi connectivity index (χ3n) is 4.36. The van der Waals surface area contributed by atoms with Gasteiger partial charge in [-0.2, -0.15) is 5.26 Å². The first-order valence-corrected chi connectivity index (χ1v) is 9.51. The van der Waals surface area contributed by atoms with E-state index >= 15 is 0 Å². The van der Waals surface area contributed by atoms with Gasteiger partial charge < -0.3 is 4.74 Å². The first-order chi connectivity index (χ1) is 13.8. The maximum Gasteiger partial charge on any atom is 0.159 e. The van der Waals surface area contributed by atoms with E-state index in [4.69, 9.17) is 10.00 Å². The third-order valence-corrected chi connectivity index (χ3v) is 4.36. The number of unbranched alkanes of at least 4 members (excludes halogenated alkanes) is 2. The molecule has 28 heavy (non-hydrogen) atoms. The van der Waals surface area contributed by atoms with Crippen molar-refractivity contribution in [3.05, 3.63) is 78.6 Å². The van der Waals surface area contributed by atoms with Crippen molar-refractivity contribution in [1.29, 1.82) is 5.26 Å². The second kappa shape index (κ2) is 10.0. The lowest BCUT2D eigenvalue weighted by molar-refractivity contribution is 0.359. The number of nitrogens with zero attached hydrogens (tertiary/aromatic N) is 3. The van der Waals surface area contributed by atoms with Crippen LogP contribution in [0.3, 0.4) is 0 Å². The van der Waals surface area contributed by atoms with Gasteiger partial charge >= 0.3 is 0 Å². The molecule has 140 valence electrons. The Morgan fingerprint density at radius 2 is 1.50 bits per heavy atom. The Labute approximate surface area is 166 Å². The molecule has 0 atom stereocenters. The van der Waals surface area contributed by atoms with Gasteiger partial charge in [0.1, 0.15) is 6.61 Å². The van der Waals surface area contributed by atoms with Crippen molar-refractivity contribution in [1.82, 2.24) is 9.97 Å². The summed E-state index contributed by atoms with van der Waals surface area (Å²) in [5.74, 6) is 1.33. The Bertz CT molecular complexity index is 937. The summed E-state index contributed by atoms with van der Waals surface area (Å²) in [6, 6.07) is 17.8. The summed E-state index contributed by atoms with van der Waals surface area (Å²) in [6.07, 6.45) is 11.1. The number of aromatic nitrogens is 2. The number of nitriles is 1. The lowest BCUT2D eigenvalue weighted by atomic mass is 10.0. The maximum absolute atomic E-state index is 8.90. The van der Waals surface area contributed by atoms with Gasteiger partial charge in [-0.1, -0.05) is 68.3 Å². The third kappa shape index (κ3) is 5.28. The van der Waals surface area contributed by atoms with Crippen LogP contribution in [0.1, 0.15) is 31.7 Å². The molecule has 0 unspecified atom stereocenters. The molecule has 0 radical (unpaired) electrons. The van der Waals surface area contributed by atoms with Crippen molar-refractivity contribution >= 4 is 0 Å². The van der Waals surface area contributed by atoms with Crippen molar-refractivity contribution in [2.24, 2.45) is 0 Å². The van der Waals surface area contributed by atoms with Crippen LogP contribution in [0.4, 0.5) is 0 Å². The standard InChI is InChI=1S/C24H23N3O/c1-2-3-4-5-6-15-28-23-17-26-24(27-18-23)22-13-11-21(12-14-22)20-9-7-19(16-25)8-10-20/h5-14,17-18H,2-4,15H2,1H3/b6-5+. The van der Waals surface area contributed by atoms with E-state index in [0.29, 0.717) is 23.7 Å². The Morgan fingerprint density at radius 3 is 2.11 bits per heavy atom. The summed E-state index contributed by atoms with van der Waals surface area (Å²) in [5, 5.41) is 8.90. The number of allylic oxidation sites excluding steroid dienone is 1. The van der Waals surface area contributed by atoms with Crippen molar-refractivity contribution < 1.29 is 4.74 Å². The lowest BCUT2D eigenvalue weighted by Gasteiger charge is -2.06. The van der Waals surface area contributed by atoms with Gasteiger partial charge in [0.15, 0.2) is 11.6 Å². The Kier molecular flexibility index (Phi) is 6.92. The molecule has 0 bridgehead atoms. The predicted molar refractivity (Wildman–Crippen MR) is 112 cm³/mol. The SMILES string of the molecule is CCCC/C=C/COc1cnc(-c2ccc(-c3ccc(C#N)cc3)cc2)nc1. The molecule has 0 aliphatic rings. The quantitative estimate of drug-likeness (QED) is 0.371. The Morgan fingerprint density at radius 1 is 0.893 bits per heavy atom. The van der Waals surface area contributed by atoms with Gasteiger partial charge in [-0.15, -0.1) is 0 Å². The van der Waals surface area contributed by atoms with Crippen molar-refractivity contribution in [3.63, 3.8) is 0 Å². The van der Waals surface area contributed by atoms with Crippen molar-refractivity contribution in [3.8, 4) is 34.3 Å². The summed E-state index contributed by atoms with van der Waals surface area (Å²) >= 11 is 0. The smallest absolute Gasteiger partial charge is 0.159 e. The number of hydrogen-bond donors (Lipinski definition) is 0. The number of hydrogen-bond acceptors (Lipinski definition) is 4. The zero-order chi connectivity index (χ0) is 19.6. The van der Waals surface area contributed by atoms with Crippen LogP contribution in [0.5, 0.6) is 5.75 Å². The van der Waals surface area contributed by atoms with Crippen LogP contribution < -0.4 is 4.74 Å². The molecule has 3 rings (SSSR count). The molecule has 1 heterocycles. The molecule has 2 aromatic carbocycles. The minimum absolute atomic E-state index is 0.533. The van der Waals surface area contributed by atoms with Crippen LogP contribution >= 0.6 is 0 Å². The van der Waals surface area contributed by atoms with E-state index < -0.39 is 0 Å². The summed E-state index contributed by atoms with van der Waals surface area (Å²) < 4.78 is 5.64. The van der Waals surface area contributed by atoms with Crippen LogP contribution in [-0.2, 0) is 0 Å². The summed E-state index contributed by atoms with van der Waals surface area (Å²) in [5.41, 5.74) is 3.76. The van der Waals surface area contributed by atoms with E-state index in [-0.39, 0.29) is 0 Å². The van der Waals surface area contributed by atoms with Crippen LogP contribution in [0.25, 0.3) is 22.5 Å². The molecule has 0 saturated carbocycles. The molecule has 0 saturated heterocycles. The molecule has 0 amide bonds. The fourth-order valence-corrected chi connectivity index (χ4v) is 2.74. The number of ether oxygens (including phenoxy) is 1. The largest absolute Gasteiger partial charge is 0.486 e. The van der Waals surface area contributed by atoms with Crippen LogP contribution in [0, 0.1) is 11.3 Å². The van der Waals surface area contributed by atoms with Crippen LogP contribution in [-0.4, -0.2) is 16.6 Å². The molecule has 0 N–H and O–H groups in total. The first kappa shape index (κ1) is 19.3. The minimum atomic E-state index is 0.533. The number of rotatable bonds is 8. The molecule has 0 aliphatic heterocycles. The molecule has 0 fully saturated rings. The monoisotopic (exact) mass is 369 g/mol. The Balaban J connectivity index is 1.60. The molecule has 0 spiro atoms. The highest BCUT2D eigenvalue weighted by Crippen LogP contribution is 2.23. The second-order valence-electron chi connectivity index (χ2n) is 6.43. The van der Waals surface area contributed by atoms with E-state index in [2.05, 4.69) is 29.0 Å². The maximum atomic E-state index is 8.90. The van der Waals surface area contributed by atoms with Crippen molar-refractivity contribution in [2.45, 2.75) is 26.2 Å². The van der Waals surface area contributed by atoms with E-state index in [1.54, 1.807) is 12.4 Å². The highest BCUT2D eigenvalue weighted by molar-refractivity contribution is 5.68. The average molecular weight is 369 g/mol. The van der Waals surface area contributed by atoms with Gasteiger partial charge in [-0.05, 0) is 29.7 Å². The highest BCUT2D eigenvalue weighted by atomic mass is 16.5. The fourth-order valence-electron chi connectivity index (χ4n) is 2.74. The van der Waals surface area contributed by atoms with Gasteiger partial charge in [0.2, 0.25) is 0 Å². The molecule has 4 nitrogen and oxygen atoms in total. The molecular weight excluding hydrogens is 346 g/mol. The van der Waals surface area contributed by atoms with Crippen LogP contribution in [0.15, 0.2) is 73.1 Å². The summed E-state index contributed by atoms with van der Waals surface area (Å²) in [4.78, 5) is 8.81. The zero-order valence-corrected chi connectivity index (χ0v) is 16.0. The summed E-state index contributed by atoms with van der Waals surface area (Å²) in [6.45, 7) is 2.72. The zero-order valence-electron chi connectivity index (χ0n) is 16.0. The van der Waals surface area contributed by atoms with Gasteiger partial charge in [0.05, 0.1) is 24.0 Å². The first-order valence-electron chi connectivity index (χ1n) is 9.51. The van der Waals surface area contributed by atoms with E-state index in [1.165, 1.54) is 12.8 Å². The molecule has 0 aliphatic carbocycles. The fraction of sp³-hybridized carbons (Fsp3) is 0.208. The molecular formula is C24H23N3O. The minimum Gasteiger partial charge on any atom is -0.486 e. The predicted octanol–water partition coefficient (Wildman–Crippen LogP) is 5.81. The van der Waals surface area contributed by atoms with Crippen molar-refractivity contribution in [2.75, 3.05) is 6.61 Å². The molecule has 3 aromatic rings. The number of benzene rings is 2. The van der Waals surface area contributed by atoms with Crippen LogP contribution in [0.2, 0.25) is 0 Å². The van der Waals surface area contributed by atoms with Gasteiger partial charge in [0, 0.05) is 5.56 Å². The van der Waals surface area contributed by atoms with Gasteiger partial charge in [-0.25, -0.2) is 9.97 Å².